The monoisotopic (exact) mass is 319 g/mol. The van der Waals surface area contributed by atoms with Crippen LogP contribution in [0.25, 0.3) is 0 Å². The molecule has 1 aliphatic heterocycles. The van der Waals surface area contributed by atoms with Gasteiger partial charge < -0.3 is 10.1 Å². The van der Waals surface area contributed by atoms with Crippen LogP contribution in [-0.4, -0.2) is 19.9 Å². The molecule has 0 aromatic heterocycles. The fourth-order valence-corrected chi connectivity index (χ4v) is 3.47. The molecule has 0 bridgehead atoms. The highest BCUT2D eigenvalue weighted by atomic mass is 35.5. The number of hydrogen-bond donors (Lipinski definition) is 1. The minimum absolute atomic E-state index is 0.0893. The van der Waals surface area contributed by atoms with Crippen molar-refractivity contribution in [1.29, 1.82) is 0 Å². The molecule has 1 atom stereocenters. The summed E-state index contributed by atoms with van der Waals surface area (Å²) in [4.78, 5) is 1.26. The lowest BCUT2D eigenvalue weighted by Gasteiger charge is -2.20. The lowest BCUT2D eigenvalue weighted by atomic mass is 9.96. The molecule has 3 rings (SSSR count). The lowest BCUT2D eigenvalue weighted by Crippen LogP contribution is -2.18. The molecule has 21 heavy (non-hydrogen) atoms. The molecule has 2 aromatic rings. The summed E-state index contributed by atoms with van der Waals surface area (Å²) in [6, 6.07) is 12.7. The first-order valence-electron chi connectivity index (χ1n) is 6.99. The molecule has 0 amide bonds. The van der Waals surface area contributed by atoms with Crippen LogP contribution in [-0.2, 0) is 6.42 Å². The van der Waals surface area contributed by atoms with Gasteiger partial charge in [-0.3, -0.25) is 0 Å². The van der Waals surface area contributed by atoms with E-state index in [-0.39, 0.29) is 6.04 Å². The fourth-order valence-electron chi connectivity index (χ4n) is 2.81. The van der Waals surface area contributed by atoms with E-state index in [9.17, 15) is 0 Å². The average molecular weight is 320 g/mol. The van der Waals surface area contributed by atoms with Crippen molar-refractivity contribution >= 4 is 23.4 Å². The highest BCUT2D eigenvalue weighted by Crippen LogP contribution is 2.38. The normalized spacial score (nSPS) is 14.6. The zero-order chi connectivity index (χ0) is 14.8. The van der Waals surface area contributed by atoms with E-state index in [0.29, 0.717) is 0 Å². The van der Waals surface area contributed by atoms with Crippen LogP contribution in [0.3, 0.4) is 0 Å². The van der Waals surface area contributed by atoms with Gasteiger partial charge in [0.2, 0.25) is 0 Å². The predicted molar refractivity (Wildman–Crippen MR) is 89.8 cm³/mol. The average Bonchev–Trinajstić information content (AvgIpc) is 2.96. The zero-order valence-electron chi connectivity index (χ0n) is 12.2. The van der Waals surface area contributed by atoms with Crippen LogP contribution >= 0.6 is 23.4 Å². The Bertz CT molecular complexity index is 642. The molecule has 2 aromatic carbocycles. The summed E-state index contributed by atoms with van der Waals surface area (Å²) in [6.45, 7) is 0.741. The number of ether oxygens (including phenoxy) is 1. The van der Waals surface area contributed by atoms with Crippen LogP contribution in [0, 0.1) is 0 Å². The van der Waals surface area contributed by atoms with Gasteiger partial charge in [0.05, 0.1) is 12.6 Å². The smallest absolute Gasteiger partial charge is 0.127 e. The molecule has 2 nitrogen and oxygen atoms in total. The predicted octanol–water partition coefficient (Wildman–Crippen LogP) is 4.31. The Balaban J connectivity index is 2.03. The van der Waals surface area contributed by atoms with E-state index in [1.165, 1.54) is 16.0 Å². The van der Waals surface area contributed by atoms with E-state index < -0.39 is 0 Å². The molecule has 0 spiro atoms. The van der Waals surface area contributed by atoms with Gasteiger partial charge in [-0.25, -0.2) is 0 Å². The van der Waals surface area contributed by atoms with Gasteiger partial charge in [-0.1, -0.05) is 23.7 Å². The number of hydrogen-bond acceptors (Lipinski definition) is 3. The molecule has 0 fully saturated rings. The van der Waals surface area contributed by atoms with E-state index in [1.807, 2.05) is 19.2 Å². The largest absolute Gasteiger partial charge is 0.493 e. The Kier molecular flexibility index (Phi) is 4.43. The van der Waals surface area contributed by atoms with E-state index in [0.717, 1.165) is 29.4 Å². The van der Waals surface area contributed by atoms with E-state index >= 15 is 0 Å². The third-order valence-electron chi connectivity index (χ3n) is 3.83. The van der Waals surface area contributed by atoms with Crippen LogP contribution in [0.4, 0.5) is 0 Å². The minimum Gasteiger partial charge on any atom is -0.493 e. The van der Waals surface area contributed by atoms with Crippen molar-refractivity contribution < 1.29 is 4.74 Å². The molecule has 1 aliphatic rings. The van der Waals surface area contributed by atoms with Gasteiger partial charge in [0.15, 0.2) is 0 Å². The van der Waals surface area contributed by atoms with Crippen LogP contribution in [0.15, 0.2) is 41.3 Å². The number of nitrogens with one attached hydrogen (secondary N) is 1. The maximum atomic E-state index is 6.28. The summed E-state index contributed by atoms with van der Waals surface area (Å²) in [7, 11) is 1.97. The van der Waals surface area contributed by atoms with Crippen LogP contribution in [0.2, 0.25) is 5.02 Å². The lowest BCUT2D eigenvalue weighted by molar-refractivity contribution is 0.351. The van der Waals surface area contributed by atoms with E-state index in [2.05, 4.69) is 35.8 Å². The van der Waals surface area contributed by atoms with Gasteiger partial charge in [0.25, 0.3) is 0 Å². The molecule has 110 valence electrons. The third-order valence-corrected chi connectivity index (χ3v) is 4.79. The van der Waals surface area contributed by atoms with Crippen LogP contribution in [0.1, 0.15) is 22.7 Å². The van der Waals surface area contributed by atoms with Crippen molar-refractivity contribution in [3.8, 4) is 5.75 Å². The highest BCUT2D eigenvalue weighted by Gasteiger charge is 2.23. The maximum absolute atomic E-state index is 6.28. The molecule has 0 aliphatic carbocycles. The Labute approximate surface area is 134 Å². The molecule has 1 heterocycles. The van der Waals surface area contributed by atoms with Crippen molar-refractivity contribution in [2.75, 3.05) is 19.9 Å². The number of thioether (sulfide) groups is 1. The van der Waals surface area contributed by atoms with Gasteiger partial charge in [-0.05, 0) is 48.7 Å². The summed E-state index contributed by atoms with van der Waals surface area (Å²) in [5, 5.41) is 4.16. The Morgan fingerprint density at radius 1 is 1.24 bits per heavy atom. The quantitative estimate of drug-likeness (QED) is 0.849. The summed E-state index contributed by atoms with van der Waals surface area (Å²) >= 11 is 8.03. The number of rotatable bonds is 4. The third kappa shape index (κ3) is 2.91. The molecule has 1 unspecified atom stereocenters. The van der Waals surface area contributed by atoms with E-state index in [1.54, 1.807) is 11.8 Å². The molecule has 0 saturated heterocycles. The molecule has 0 radical (unpaired) electrons. The number of benzene rings is 2. The van der Waals surface area contributed by atoms with Crippen molar-refractivity contribution in [3.05, 3.63) is 58.1 Å². The van der Waals surface area contributed by atoms with Crippen molar-refractivity contribution in [2.24, 2.45) is 0 Å². The summed E-state index contributed by atoms with van der Waals surface area (Å²) in [6.07, 6.45) is 3.02. The molecular weight excluding hydrogens is 302 g/mol. The van der Waals surface area contributed by atoms with Gasteiger partial charge in [-0.2, -0.15) is 0 Å². The van der Waals surface area contributed by atoms with Crippen molar-refractivity contribution in [1.82, 2.24) is 5.32 Å². The first kappa shape index (κ1) is 14.8. The van der Waals surface area contributed by atoms with Gasteiger partial charge in [0, 0.05) is 21.9 Å². The van der Waals surface area contributed by atoms with Crippen molar-refractivity contribution in [2.45, 2.75) is 17.4 Å². The van der Waals surface area contributed by atoms with Crippen LogP contribution < -0.4 is 10.1 Å². The first-order valence-corrected chi connectivity index (χ1v) is 8.59. The Hall–Kier alpha value is -1.16. The van der Waals surface area contributed by atoms with Gasteiger partial charge in [-0.15, -0.1) is 11.8 Å². The van der Waals surface area contributed by atoms with Crippen molar-refractivity contribution in [3.63, 3.8) is 0 Å². The SMILES string of the molecule is CNC(c1ccc(SC)cc1)c1cc(Cl)cc2c1OCC2. The molecular formula is C17H18ClNOS. The summed E-state index contributed by atoms with van der Waals surface area (Å²) < 4.78 is 5.83. The topological polar surface area (TPSA) is 21.3 Å². The Morgan fingerprint density at radius 3 is 2.67 bits per heavy atom. The maximum Gasteiger partial charge on any atom is 0.127 e. The van der Waals surface area contributed by atoms with Crippen LogP contribution in [0.5, 0.6) is 5.75 Å². The number of halogens is 1. The second kappa shape index (κ2) is 6.30. The Morgan fingerprint density at radius 2 is 2.00 bits per heavy atom. The molecule has 1 N–H and O–H groups in total. The highest BCUT2D eigenvalue weighted by molar-refractivity contribution is 7.98. The molecule has 4 heteroatoms. The second-order valence-corrected chi connectivity index (χ2v) is 6.39. The first-order chi connectivity index (χ1) is 10.2. The van der Waals surface area contributed by atoms with E-state index in [4.69, 9.17) is 16.3 Å². The summed E-state index contributed by atoms with van der Waals surface area (Å²) in [5.41, 5.74) is 3.54. The zero-order valence-corrected chi connectivity index (χ0v) is 13.7. The fraction of sp³-hybridized carbons (Fsp3) is 0.294. The standard InChI is InChI=1S/C17H18ClNOS/c1-19-16(11-3-5-14(21-2)6-4-11)15-10-13(18)9-12-7-8-20-17(12)15/h3-6,9-10,16,19H,7-8H2,1-2H3. The second-order valence-electron chi connectivity index (χ2n) is 5.08. The van der Waals surface area contributed by atoms with Gasteiger partial charge in [0.1, 0.15) is 5.75 Å². The molecule has 0 saturated carbocycles. The minimum atomic E-state index is 0.0893. The van der Waals surface area contributed by atoms with Gasteiger partial charge >= 0.3 is 0 Å². The number of fused-ring (bicyclic) bond motifs is 1. The summed E-state index contributed by atoms with van der Waals surface area (Å²) in [5.74, 6) is 0.993.